The number of likely N-dealkylation sites (tertiary alicyclic amines) is 1. The molecule has 1 fully saturated rings. The molecule has 6 heteroatoms. The van der Waals surface area contributed by atoms with Gasteiger partial charge in [0.25, 0.3) is 0 Å². The van der Waals surface area contributed by atoms with Gasteiger partial charge >= 0.3 is 0 Å². The number of aryl methyl sites for hydroxylation is 1. The fraction of sp³-hybridized carbons (Fsp3) is 0.500. The van der Waals surface area contributed by atoms with Crippen molar-refractivity contribution in [2.45, 2.75) is 38.8 Å². The fourth-order valence-electron chi connectivity index (χ4n) is 3.21. The van der Waals surface area contributed by atoms with Gasteiger partial charge in [0.1, 0.15) is 11.4 Å². The smallest absolute Gasteiger partial charge is 0.228 e. The second kappa shape index (κ2) is 7.57. The highest BCUT2D eigenvalue weighted by Crippen LogP contribution is 2.18. The third kappa shape index (κ3) is 4.00. The van der Waals surface area contributed by atoms with E-state index in [0.29, 0.717) is 17.4 Å². The lowest BCUT2D eigenvalue weighted by molar-refractivity contribution is -0.132. The van der Waals surface area contributed by atoms with Crippen LogP contribution in [0, 0.1) is 6.92 Å². The first kappa shape index (κ1) is 16.6. The Morgan fingerprint density at radius 2 is 2.12 bits per heavy atom. The van der Waals surface area contributed by atoms with Gasteiger partial charge in [-0.1, -0.05) is 40.6 Å². The Bertz CT molecular complexity index is 671. The number of likely N-dealkylation sites (N-methyl/N-ethyl adjacent to an activating group) is 1. The Labute approximate surface area is 142 Å². The van der Waals surface area contributed by atoms with Gasteiger partial charge in [0.15, 0.2) is 0 Å². The average molecular weight is 328 g/mol. The quantitative estimate of drug-likeness (QED) is 0.840. The number of hydrogen-bond donors (Lipinski definition) is 0. The highest BCUT2D eigenvalue weighted by atomic mass is 16.6. The van der Waals surface area contributed by atoms with Crippen molar-refractivity contribution < 1.29 is 9.42 Å². The van der Waals surface area contributed by atoms with Crippen LogP contribution < -0.4 is 0 Å². The SMILES string of the molecule is Cc1nonc1CC(=O)N1CCCC(N(C)Cc2ccccc2)C1. The maximum absolute atomic E-state index is 12.5. The van der Waals surface area contributed by atoms with Gasteiger partial charge in [-0.05, 0) is 32.4 Å². The molecule has 0 N–H and O–H groups in total. The summed E-state index contributed by atoms with van der Waals surface area (Å²) < 4.78 is 4.68. The lowest BCUT2D eigenvalue weighted by Gasteiger charge is -2.37. The second-order valence-corrected chi connectivity index (χ2v) is 6.51. The number of amides is 1. The predicted octanol–water partition coefficient (Wildman–Crippen LogP) is 2.04. The molecule has 1 aliphatic heterocycles. The molecule has 1 aromatic carbocycles. The van der Waals surface area contributed by atoms with Crippen LogP contribution in [0.3, 0.4) is 0 Å². The molecule has 24 heavy (non-hydrogen) atoms. The van der Waals surface area contributed by atoms with E-state index in [2.05, 4.69) is 51.2 Å². The summed E-state index contributed by atoms with van der Waals surface area (Å²) in [6.07, 6.45) is 2.42. The van der Waals surface area contributed by atoms with Crippen molar-refractivity contribution in [3.63, 3.8) is 0 Å². The largest absolute Gasteiger partial charge is 0.341 e. The molecule has 0 aliphatic carbocycles. The topological polar surface area (TPSA) is 62.5 Å². The number of benzene rings is 1. The van der Waals surface area contributed by atoms with E-state index in [0.717, 1.165) is 32.5 Å². The normalized spacial score (nSPS) is 18.1. The summed E-state index contributed by atoms with van der Waals surface area (Å²) in [5.74, 6) is 0.103. The average Bonchev–Trinajstić information content (AvgIpc) is 3.00. The first-order valence-electron chi connectivity index (χ1n) is 8.43. The Balaban J connectivity index is 1.57. The zero-order valence-corrected chi connectivity index (χ0v) is 14.3. The molecule has 2 heterocycles. The number of hydrogen-bond acceptors (Lipinski definition) is 5. The van der Waals surface area contributed by atoms with Gasteiger partial charge in [-0.15, -0.1) is 0 Å². The molecule has 3 rings (SSSR count). The van der Waals surface area contributed by atoms with Crippen molar-refractivity contribution in [1.82, 2.24) is 20.1 Å². The van der Waals surface area contributed by atoms with Crippen LogP contribution in [-0.4, -0.2) is 52.2 Å². The number of piperidine rings is 1. The van der Waals surface area contributed by atoms with Crippen molar-refractivity contribution in [1.29, 1.82) is 0 Å². The van der Waals surface area contributed by atoms with Crippen LogP contribution in [0.1, 0.15) is 29.8 Å². The molecule has 0 saturated carbocycles. The van der Waals surface area contributed by atoms with E-state index >= 15 is 0 Å². The van der Waals surface area contributed by atoms with E-state index < -0.39 is 0 Å². The summed E-state index contributed by atoms with van der Waals surface area (Å²) in [5, 5.41) is 7.56. The first-order valence-corrected chi connectivity index (χ1v) is 8.43. The minimum absolute atomic E-state index is 0.103. The maximum Gasteiger partial charge on any atom is 0.228 e. The van der Waals surface area contributed by atoms with Crippen LogP contribution in [0.25, 0.3) is 0 Å². The highest BCUT2D eigenvalue weighted by Gasteiger charge is 2.27. The molecule has 2 aromatic rings. The Morgan fingerprint density at radius 3 is 2.83 bits per heavy atom. The van der Waals surface area contributed by atoms with Gasteiger partial charge < -0.3 is 4.90 Å². The molecule has 1 aliphatic rings. The minimum atomic E-state index is 0.103. The molecule has 0 spiro atoms. The predicted molar refractivity (Wildman–Crippen MR) is 90.3 cm³/mol. The van der Waals surface area contributed by atoms with Crippen LogP contribution in [0.5, 0.6) is 0 Å². The van der Waals surface area contributed by atoms with Crippen LogP contribution in [0.15, 0.2) is 35.0 Å². The van der Waals surface area contributed by atoms with Gasteiger partial charge in [-0.25, -0.2) is 4.63 Å². The van der Waals surface area contributed by atoms with Gasteiger partial charge in [0.2, 0.25) is 5.91 Å². The molecule has 6 nitrogen and oxygen atoms in total. The minimum Gasteiger partial charge on any atom is -0.341 e. The van der Waals surface area contributed by atoms with Gasteiger partial charge in [0.05, 0.1) is 6.42 Å². The van der Waals surface area contributed by atoms with Gasteiger partial charge in [-0.3, -0.25) is 9.69 Å². The van der Waals surface area contributed by atoms with Gasteiger partial charge in [0, 0.05) is 25.7 Å². The van der Waals surface area contributed by atoms with Crippen LogP contribution in [0.4, 0.5) is 0 Å². The van der Waals surface area contributed by atoms with Gasteiger partial charge in [-0.2, -0.15) is 0 Å². The van der Waals surface area contributed by atoms with Crippen molar-refractivity contribution in [3.05, 3.63) is 47.3 Å². The summed E-state index contributed by atoms with van der Waals surface area (Å²) in [6.45, 7) is 4.30. The number of carbonyl (C=O) groups is 1. The highest BCUT2D eigenvalue weighted by molar-refractivity contribution is 5.78. The van der Waals surface area contributed by atoms with E-state index in [1.807, 2.05) is 17.9 Å². The van der Waals surface area contributed by atoms with Crippen LogP contribution >= 0.6 is 0 Å². The van der Waals surface area contributed by atoms with E-state index in [-0.39, 0.29) is 12.3 Å². The number of rotatable bonds is 5. The Kier molecular flexibility index (Phi) is 5.25. The zero-order chi connectivity index (χ0) is 16.9. The molecule has 1 unspecified atom stereocenters. The molecule has 0 bridgehead atoms. The number of carbonyl (C=O) groups excluding carboxylic acids is 1. The lowest BCUT2D eigenvalue weighted by atomic mass is 10.0. The third-order valence-electron chi connectivity index (χ3n) is 4.71. The summed E-state index contributed by atoms with van der Waals surface area (Å²) >= 11 is 0. The Morgan fingerprint density at radius 1 is 1.33 bits per heavy atom. The maximum atomic E-state index is 12.5. The number of nitrogens with zero attached hydrogens (tertiary/aromatic N) is 4. The fourth-order valence-corrected chi connectivity index (χ4v) is 3.21. The van der Waals surface area contributed by atoms with E-state index in [1.165, 1.54) is 5.56 Å². The first-order chi connectivity index (χ1) is 11.6. The van der Waals surface area contributed by atoms with Crippen molar-refractivity contribution in [2.24, 2.45) is 0 Å². The number of aromatic nitrogens is 2. The van der Waals surface area contributed by atoms with E-state index in [1.54, 1.807) is 0 Å². The molecule has 1 amide bonds. The van der Waals surface area contributed by atoms with Crippen LogP contribution in [-0.2, 0) is 17.8 Å². The standard InChI is InChI=1S/C18H24N4O2/c1-14-17(20-24-19-14)11-18(23)22-10-6-9-16(13-22)21(2)12-15-7-4-3-5-8-15/h3-5,7-8,16H,6,9-13H2,1-2H3. The summed E-state index contributed by atoms with van der Waals surface area (Å²) in [5.41, 5.74) is 2.63. The summed E-state index contributed by atoms with van der Waals surface area (Å²) in [6, 6.07) is 10.8. The summed E-state index contributed by atoms with van der Waals surface area (Å²) in [7, 11) is 2.14. The third-order valence-corrected chi connectivity index (χ3v) is 4.71. The molecule has 1 atom stereocenters. The van der Waals surface area contributed by atoms with Crippen molar-refractivity contribution in [2.75, 3.05) is 20.1 Å². The molecule has 0 radical (unpaired) electrons. The molecular formula is C18H24N4O2. The van der Waals surface area contributed by atoms with Crippen molar-refractivity contribution in [3.8, 4) is 0 Å². The monoisotopic (exact) mass is 328 g/mol. The molecule has 128 valence electrons. The van der Waals surface area contributed by atoms with E-state index in [9.17, 15) is 4.79 Å². The van der Waals surface area contributed by atoms with E-state index in [4.69, 9.17) is 0 Å². The zero-order valence-electron chi connectivity index (χ0n) is 14.3. The second-order valence-electron chi connectivity index (χ2n) is 6.51. The van der Waals surface area contributed by atoms with Crippen molar-refractivity contribution >= 4 is 5.91 Å². The summed E-state index contributed by atoms with van der Waals surface area (Å²) in [4.78, 5) is 16.8. The molecular weight excluding hydrogens is 304 g/mol. The molecule has 1 saturated heterocycles. The lowest BCUT2D eigenvalue weighted by Crippen LogP contribution is -2.48. The Hall–Kier alpha value is -2.21. The van der Waals surface area contributed by atoms with Crippen LogP contribution in [0.2, 0.25) is 0 Å². The molecule has 1 aromatic heterocycles.